The molecule has 0 saturated carbocycles. The van der Waals surface area contributed by atoms with Crippen LogP contribution in [0.15, 0.2) is 59.8 Å². The maximum Gasteiger partial charge on any atom is 0.323 e. The first-order valence-electron chi connectivity index (χ1n) is 8.74. The number of hydrogen-bond acceptors (Lipinski definition) is 4. The molecular weight excluding hydrogens is 362 g/mol. The maximum absolute atomic E-state index is 11.9. The topological polar surface area (TPSA) is 84.2 Å². The summed E-state index contributed by atoms with van der Waals surface area (Å²) in [6, 6.07) is 17.1. The predicted molar refractivity (Wildman–Crippen MR) is 106 cm³/mol. The van der Waals surface area contributed by atoms with Gasteiger partial charge in [0.15, 0.2) is 5.16 Å². The van der Waals surface area contributed by atoms with E-state index in [1.807, 2.05) is 54.6 Å². The number of nitrogens with zero attached hydrogens (tertiary/aromatic N) is 2. The number of carbonyl (C=O) groups is 2. The second-order valence-corrected chi connectivity index (χ2v) is 7.14. The minimum Gasteiger partial charge on any atom is -0.480 e. The van der Waals surface area contributed by atoms with Gasteiger partial charge in [-0.2, -0.15) is 0 Å². The van der Waals surface area contributed by atoms with Gasteiger partial charge in [-0.15, -0.1) is 0 Å². The Hall–Kier alpha value is -2.80. The van der Waals surface area contributed by atoms with Gasteiger partial charge in [0.2, 0.25) is 5.91 Å². The van der Waals surface area contributed by atoms with E-state index in [0.29, 0.717) is 18.1 Å². The third-order valence-electron chi connectivity index (χ3n) is 3.99. The van der Waals surface area contributed by atoms with Crippen molar-refractivity contribution >= 4 is 34.7 Å². The van der Waals surface area contributed by atoms with Crippen LogP contribution < -0.4 is 5.32 Å². The SMILES string of the molecule is O=C(O)Cn1c(SCCCNC(=O)Cc2ccccc2)nc2ccccc21. The smallest absolute Gasteiger partial charge is 0.323 e. The Kier molecular flexibility index (Phi) is 6.49. The molecule has 1 aromatic heterocycles. The van der Waals surface area contributed by atoms with Gasteiger partial charge in [0.25, 0.3) is 0 Å². The van der Waals surface area contributed by atoms with E-state index in [1.165, 1.54) is 11.8 Å². The Balaban J connectivity index is 1.49. The number of thioether (sulfide) groups is 1. The van der Waals surface area contributed by atoms with E-state index in [-0.39, 0.29) is 12.5 Å². The van der Waals surface area contributed by atoms with Crippen molar-refractivity contribution in [1.82, 2.24) is 14.9 Å². The van der Waals surface area contributed by atoms with Crippen molar-refractivity contribution in [2.75, 3.05) is 12.3 Å². The number of nitrogens with one attached hydrogen (secondary N) is 1. The molecule has 1 amide bonds. The van der Waals surface area contributed by atoms with Crippen LogP contribution in [0.5, 0.6) is 0 Å². The number of para-hydroxylation sites is 2. The number of aliphatic carboxylic acids is 1. The molecular formula is C20H21N3O3S. The summed E-state index contributed by atoms with van der Waals surface area (Å²) >= 11 is 1.51. The Morgan fingerprint density at radius 2 is 1.81 bits per heavy atom. The number of amides is 1. The normalized spacial score (nSPS) is 10.8. The number of imidazole rings is 1. The van der Waals surface area contributed by atoms with E-state index in [2.05, 4.69) is 10.3 Å². The Morgan fingerprint density at radius 3 is 2.59 bits per heavy atom. The summed E-state index contributed by atoms with van der Waals surface area (Å²) in [5, 5.41) is 12.8. The lowest BCUT2D eigenvalue weighted by molar-refractivity contribution is -0.137. The van der Waals surface area contributed by atoms with Gasteiger partial charge in [-0.25, -0.2) is 4.98 Å². The minimum atomic E-state index is -0.895. The molecule has 140 valence electrons. The van der Waals surface area contributed by atoms with Gasteiger partial charge in [0.1, 0.15) is 6.54 Å². The van der Waals surface area contributed by atoms with E-state index in [1.54, 1.807) is 4.57 Å². The van der Waals surface area contributed by atoms with Crippen molar-refractivity contribution < 1.29 is 14.7 Å². The second-order valence-electron chi connectivity index (χ2n) is 6.08. The molecule has 0 bridgehead atoms. The van der Waals surface area contributed by atoms with Crippen LogP contribution in [0.4, 0.5) is 0 Å². The summed E-state index contributed by atoms with van der Waals surface area (Å²) < 4.78 is 1.72. The molecule has 6 nitrogen and oxygen atoms in total. The van der Waals surface area contributed by atoms with Crippen LogP contribution in [-0.2, 0) is 22.6 Å². The van der Waals surface area contributed by atoms with E-state index in [0.717, 1.165) is 28.8 Å². The molecule has 0 saturated heterocycles. The molecule has 1 heterocycles. The molecule has 7 heteroatoms. The van der Waals surface area contributed by atoms with Gasteiger partial charge in [-0.1, -0.05) is 54.2 Å². The fourth-order valence-corrected chi connectivity index (χ4v) is 3.71. The number of carboxylic acid groups (broad SMARTS) is 1. The van der Waals surface area contributed by atoms with Gasteiger partial charge >= 0.3 is 5.97 Å². The van der Waals surface area contributed by atoms with Gasteiger partial charge < -0.3 is 15.0 Å². The number of rotatable bonds is 9. The third-order valence-corrected chi connectivity index (χ3v) is 5.06. The van der Waals surface area contributed by atoms with Crippen molar-refractivity contribution in [3.05, 3.63) is 60.2 Å². The number of hydrogen-bond donors (Lipinski definition) is 2. The summed E-state index contributed by atoms with van der Waals surface area (Å²) in [4.78, 5) is 27.6. The molecule has 0 aliphatic carbocycles. The molecule has 0 radical (unpaired) electrons. The second kappa shape index (κ2) is 9.23. The number of aromatic nitrogens is 2. The van der Waals surface area contributed by atoms with Crippen LogP contribution in [0, 0.1) is 0 Å². The lowest BCUT2D eigenvalue weighted by Crippen LogP contribution is -2.26. The molecule has 3 rings (SSSR count). The van der Waals surface area contributed by atoms with Crippen molar-refractivity contribution in [2.24, 2.45) is 0 Å². The lowest BCUT2D eigenvalue weighted by atomic mass is 10.1. The van der Waals surface area contributed by atoms with Crippen molar-refractivity contribution in [2.45, 2.75) is 24.5 Å². The highest BCUT2D eigenvalue weighted by atomic mass is 32.2. The molecule has 2 N–H and O–H groups in total. The zero-order valence-electron chi connectivity index (χ0n) is 14.8. The first-order chi connectivity index (χ1) is 13.1. The monoisotopic (exact) mass is 383 g/mol. The number of benzene rings is 2. The van der Waals surface area contributed by atoms with E-state index in [9.17, 15) is 9.59 Å². The fourth-order valence-electron chi connectivity index (χ4n) is 2.76. The molecule has 0 fully saturated rings. The zero-order valence-corrected chi connectivity index (χ0v) is 15.6. The predicted octanol–water partition coefficient (Wildman–Crippen LogP) is 2.96. The van der Waals surface area contributed by atoms with Crippen molar-refractivity contribution in [1.29, 1.82) is 0 Å². The Bertz CT molecular complexity index is 925. The standard InChI is InChI=1S/C20H21N3O3S/c24-18(13-15-7-2-1-3-8-15)21-11-6-12-27-20-22-16-9-4-5-10-17(16)23(20)14-19(25)26/h1-5,7-10H,6,11-14H2,(H,21,24)(H,25,26). The van der Waals surface area contributed by atoms with Crippen LogP contribution in [-0.4, -0.2) is 38.8 Å². The molecule has 0 atom stereocenters. The van der Waals surface area contributed by atoms with Crippen molar-refractivity contribution in [3.8, 4) is 0 Å². The highest BCUT2D eigenvalue weighted by molar-refractivity contribution is 7.99. The Labute approximate surface area is 161 Å². The number of fused-ring (bicyclic) bond motifs is 1. The van der Waals surface area contributed by atoms with E-state index >= 15 is 0 Å². The molecule has 27 heavy (non-hydrogen) atoms. The summed E-state index contributed by atoms with van der Waals surface area (Å²) in [5.74, 6) is -0.147. The summed E-state index contributed by atoms with van der Waals surface area (Å²) in [6.45, 7) is 0.467. The largest absolute Gasteiger partial charge is 0.480 e. The number of carboxylic acids is 1. The highest BCUT2D eigenvalue weighted by Crippen LogP contribution is 2.24. The van der Waals surface area contributed by atoms with Gasteiger partial charge in [0, 0.05) is 12.3 Å². The molecule has 0 aliphatic rings. The third kappa shape index (κ3) is 5.34. The van der Waals surface area contributed by atoms with Crippen LogP contribution in [0.2, 0.25) is 0 Å². The number of carbonyl (C=O) groups excluding carboxylic acids is 1. The van der Waals surface area contributed by atoms with Gasteiger partial charge in [0.05, 0.1) is 17.5 Å². The molecule has 3 aromatic rings. The van der Waals surface area contributed by atoms with Gasteiger partial charge in [-0.3, -0.25) is 9.59 Å². The Morgan fingerprint density at radius 1 is 1.07 bits per heavy atom. The van der Waals surface area contributed by atoms with E-state index < -0.39 is 5.97 Å². The average molecular weight is 383 g/mol. The summed E-state index contributed by atoms with van der Waals surface area (Å²) in [7, 11) is 0. The van der Waals surface area contributed by atoms with Crippen LogP contribution in [0.1, 0.15) is 12.0 Å². The van der Waals surface area contributed by atoms with Crippen molar-refractivity contribution in [3.63, 3.8) is 0 Å². The van der Waals surface area contributed by atoms with Crippen LogP contribution in [0.25, 0.3) is 11.0 Å². The zero-order chi connectivity index (χ0) is 19.1. The van der Waals surface area contributed by atoms with E-state index in [4.69, 9.17) is 5.11 Å². The van der Waals surface area contributed by atoms with Crippen LogP contribution >= 0.6 is 11.8 Å². The quantitative estimate of drug-likeness (QED) is 0.438. The molecule has 2 aromatic carbocycles. The minimum absolute atomic E-state index is 0.00400. The highest BCUT2D eigenvalue weighted by Gasteiger charge is 2.13. The average Bonchev–Trinajstić information content (AvgIpc) is 2.99. The first-order valence-corrected chi connectivity index (χ1v) is 9.72. The summed E-state index contributed by atoms with van der Waals surface area (Å²) in [5.41, 5.74) is 2.60. The molecule has 0 spiro atoms. The fraction of sp³-hybridized carbons (Fsp3) is 0.250. The van der Waals surface area contributed by atoms with Gasteiger partial charge in [-0.05, 0) is 24.1 Å². The molecule has 0 aliphatic heterocycles. The lowest BCUT2D eigenvalue weighted by Gasteiger charge is -2.07. The molecule has 0 unspecified atom stereocenters. The first kappa shape index (κ1) is 19.0. The van der Waals surface area contributed by atoms with Crippen LogP contribution in [0.3, 0.4) is 0 Å². The maximum atomic E-state index is 11.9. The summed E-state index contributed by atoms with van der Waals surface area (Å²) in [6.07, 6.45) is 1.16.